The van der Waals surface area contributed by atoms with Gasteiger partial charge in [-0.05, 0) is 0 Å². The number of hydrogen-bond donors (Lipinski definition) is 0. The molecule has 2 rings (SSSR count). The van der Waals surface area contributed by atoms with Crippen molar-refractivity contribution in [1.29, 1.82) is 0 Å². The molecule has 2 nitrogen and oxygen atoms in total. The summed E-state index contributed by atoms with van der Waals surface area (Å²) in [5.74, 6) is 0.131. The van der Waals surface area contributed by atoms with Crippen LogP contribution in [0.2, 0.25) is 0 Å². The summed E-state index contributed by atoms with van der Waals surface area (Å²) in [5, 5.41) is 0. The first-order valence-corrected chi connectivity index (χ1v) is 6.56. The Kier molecular flexibility index (Phi) is 14.1. The van der Waals surface area contributed by atoms with Gasteiger partial charge in [0.1, 0.15) is 6.16 Å². The Balaban J connectivity index is 0. The van der Waals surface area contributed by atoms with E-state index >= 15 is 0 Å². The second-order valence-corrected chi connectivity index (χ2v) is 4.63. The van der Waals surface area contributed by atoms with Gasteiger partial charge >= 0.3 is 54.7 Å². The van der Waals surface area contributed by atoms with Gasteiger partial charge in [0.2, 0.25) is 0 Å². The van der Waals surface area contributed by atoms with Crippen LogP contribution in [0.3, 0.4) is 0 Å². The predicted molar refractivity (Wildman–Crippen MR) is 65.0 cm³/mol. The van der Waals surface area contributed by atoms with Gasteiger partial charge in [-0.1, -0.05) is 11.5 Å². The Hall–Kier alpha value is 0.279. The third-order valence-electron chi connectivity index (χ3n) is 2.24. The van der Waals surface area contributed by atoms with Crippen LogP contribution >= 0.6 is 8.03 Å². The van der Waals surface area contributed by atoms with Gasteiger partial charge in [-0.25, -0.2) is 24.3 Å². The summed E-state index contributed by atoms with van der Waals surface area (Å²) in [6.07, 6.45) is 0.249. The Morgan fingerprint density at radius 3 is 2.22 bits per heavy atom. The van der Waals surface area contributed by atoms with Crippen LogP contribution in [0.15, 0.2) is 54.6 Å². The molecule has 0 bridgehead atoms. The van der Waals surface area contributed by atoms with E-state index in [1.54, 1.807) is 0 Å². The van der Waals surface area contributed by atoms with Crippen molar-refractivity contribution in [3.63, 3.8) is 0 Å². The molecule has 0 saturated heterocycles. The first-order chi connectivity index (χ1) is 7.70. The molecule has 18 heavy (non-hydrogen) atoms. The van der Waals surface area contributed by atoms with E-state index in [0.29, 0.717) is 0 Å². The topological polar surface area (TPSA) is 40.1 Å². The van der Waals surface area contributed by atoms with Gasteiger partial charge in [0, 0.05) is 5.92 Å². The van der Waals surface area contributed by atoms with Crippen LogP contribution < -0.4 is 34.5 Å². The summed E-state index contributed by atoms with van der Waals surface area (Å²) in [7, 11) is -2.24. The Bertz CT molecular complexity index is 370. The van der Waals surface area contributed by atoms with E-state index in [2.05, 4.69) is 0 Å². The first kappa shape index (κ1) is 20.6. The predicted octanol–water partition coefficient (Wildman–Crippen LogP) is 0.0187. The smallest absolute Gasteiger partial charge is 0.596 e. The molecule has 0 radical (unpaired) electrons. The molecular formula is C13H15FeNaO2P+. The van der Waals surface area contributed by atoms with Crippen molar-refractivity contribution in [1.82, 2.24) is 0 Å². The van der Waals surface area contributed by atoms with Crippen LogP contribution in [0.1, 0.15) is 18.4 Å². The van der Waals surface area contributed by atoms with Crippen molar-refractivity contribution in [2.45, 2.75) is 12.8 Å². The zero-order valence-corrected chi connectivity index (χ0v) is 14.6. The van der Waals surface area contributed by atoms with Crippen molar-refractivity contribution in [2.75, 3.05) is 6.16 Å². The molecule has 0 aromatic heterocycles. The van der Waals surface area contributed by atoms with Gasteiger partial charge in [0.05, 0.1) is 0 Å². The van der Waals surface area contributed by atoms with E-state index in [-0.39, 0.29) is 58.7 Å². The molecule has 2 unspecified atom stereocenters. The summed E-state index contributed by atoms with van der Waals surface area (Å²) in [6.45, 7) is 1.92. The Labute approximate surface area is 142 Å². The minimum atomic E-state index is -2.24. The fraction of sp³-hybridized carbons (Fsp3) is 0.231. The van der Waals surface area contributed by atoms with Gasteiger partial charge < -0.3 is 4.89 Å². The summed E-state index contributed by atoms with van der Waals surface area (Å²) < 4.78 is 10.3. The van der Waals surface area contributed by atoms with E-state index in [1.807, 2.05) is 61.5 Å². The summed E-state index contributed by atoms with van der Waals surface area (Å²) in [4.78, 5) is 10.3. The summed E-state index contributed by atoms with van der Waals surface area (Å²) in [5.41, 5.74) is 1.10. The molecule has 0 aliphatic heterocycles. The van der Waals surface area contributed by atoms with Crippen molar-refractivity contribution < 1.29 is 56.1 Å². The molecule has 0 saturated carbocycles. The molecule has 0 aliphatic carbocycles. The normalized spacial score (nSPS) is 11.1. The third kappa shape index (κ3) is 9.24. The van der Waals surface area contributed by atoms with Crippen molar-refractivity contribution in [3.8, 4) is 0 Å². The minimum Gasteiger partial charge on any atom is -0.596 e. The molecule has 2 aromatic rings. The zero-order valence-electron chi connectivity index (χ0n) is 10.6. The number of hydrogen-bond acceptors (Lipinski definition) is 2. The molecular weight excluding hydrogens is 298 g/mol. The maximum atomic E-state index is 10.3. The molecule has 5 heteroatoms. The second kappa shape index (κ2) is 12.3. The molecule has 2 atom stereocenters. The van der Waals surface area contributed by atoms with Gasteiger partial charge in [0.15, 0.2) is 0 Å². The third-order valence-corrected chi connectivity index (χ3v) is 3.08. The van der Waals surface area contributed by atoms with Gasteiger partial charge in [-0.3, -0.25) is 0 Å². The molecule has 0 N–H and O–H groups in total. The van der Waals surface area contributed by atoms with Crippen molar-refractivity contribution in [2.24, 2.45) is 0 Å². The van der Waals surface area contributed by atoms with Gasteiger partial charge in [0.25, 0.3) is 0 Å². The fourth-order valence-corrected chi connectivity index (χ4v) is 2.03. The molecule has 92 valence electrons. The maximum Gasteiger partial charge on any atom is 2.00 e. The molecule has 0 spiro atoms. The van der Waals surface area contributed by atoms with Crippen LogP contribution in [0.4, 0.5) is 0 Å². The van der Waals surface area contributed by atoms with Crippen LogP contribution in [0, 0.1) is 0 Å². The maximum absolute atomic E-state index is 10.3. The molecule has 0 amide bonds. The molecule has 0 aliphatic rings. The van der Waals surface area contributed by atoms with E-state index in [0.717, 1.165) is 5.56 Å². The van der Waals surface area contributed by atoms with Gasteiger partial charge in [-0.2, -0.15) is 35.9 Å². The van der Waals surface area contributed by atoms with Crippen LogP contribution in [0.5, 0.6) is 0 Å². The van der Waals surface area contributed by atoms with Gasteiger partial charge in [-0.15, -0.1) is 0 Å². The van der Waals surface area contributed by atoms with Crippen molar-refractivity contribution >= 4 is 8.03 Å². The average molecular weight is 313 g/mol. The summed E-state index contributed by atoms with van der Waals surface area (Å²) >= 11 is 0. The fourth-order valence-electron chi connectivity index (χ4n) is 1.37. The van der Waals surface area contributed by atoms with E-state index in [1.165, 1.54) is 0 Å². The number of rotatable bonds is 3. The SMILES string of the molecule is CC(C[P+](=O)[O-])c1ccc[cH-]1.[Fe+2].[Na+].c1cc[cH-]c1. The Morgan fingerprint density at radius 1 is 1.28 bits per heavy atom. The summed E-state index contributed by atoms with van der Waals surface area (Å²) in [6, 6.07) is 17.7. The zero-order chi connectivity index (χ0) is 11.8. The average Bonchev–Trinajstić information content (AvgIpc) is 2.94. The monoisotopic (exact) mass is 313 g/mol. The van der Waals surface area contributed by atoms with E-state index in [9.17, 15) is 9.46 Å². The largest absolute Gasteiger partial charge is 2.00 e. The molecule has 2 aromatic carbocycles. The minimum absolute atomic E-state index is 0. The molecule has 0 fully saturated rings. The van der Waals surface area contributed by atoms with Crippen molar-refractivity contribution in [3.05, 3.63) is 60.2 Å². The van der Waals surface area contributed by atoms with Crippen LogP contribution in [0.25, 0.3) is 0 Å². The quantitative estimate of drug-likeness (QED) is 0.455. The molecule has 0 heterocycles. The van der Waals surface area contributed by atoms with Crippen LogP contribution in [-0.4, -0.2) is 6.16 Å². The van der Waals surface area contributed by atoms with E-state index < -0.39 is 8.03 Å². The second-order valence-electron chi connectivity index (χ2n) is 3.60. The Morgan fingerprint density at radius 2 is 1.89 bits per heavy atom. The first-order valence-electron chi connectivity index (χ1n) is 5.20. The standard InChI is InChI=1S/C8H10O2P.C5H5.Fe.Na/c1-7(6-11(9)10)8-4-2-3-5-8;1-2-4-5-3-1;;/h2-5,7H,6H2,1H3;1-5H;;/q2*-1;+2;+1. The van der Waals surface area contributed by atoms with Crippen LogP contribution in [-0.2, 0) is 21.6 Å². The van der Waals surface area contributed by atoms with E-state index in [4.69, 9.17) is 0 Å².